The van der Waals surface area contributed by atoms with Crippen LogP contribution < -0.4 is 4.74 Å². The number of likely N-dealkylation sites (tertiary alicyclic amines) is 1. The minimum Gasteiger partial charge on any atom is -0.493 e. The standard InChI is InChI=1S/C26H36F3NO5/c1-7-33-22(31)21(16-8-10-30(11-9-16)23(32)35-24(2,3)4)18-13-20-17(12-19(18)26(27,28)29)14-25(5,6)15-34-20/h12-13,16,21H,7-11,14-15H2,1-6H3/t21-/m0/s1. The van der Waals surface area contributed by atoms with Crippen LogP contribution in [0.25, 0.3) is 0 Å². The molecule has 1 amide bonds. The van der Waals surface area contributed by atoms with Crippen LogP contribution in [0, 0.1) is 11.3 Å². The molecule has 35 heavy (non-hydrogen) atoms. The maximum atomic E-state index is 14.3. The van der Waals surface area contributed by atoms with Crippen LogP contribution >= 0.6 is 0 Å². The molecule has 0 N–H and O–H groups in total. The zero-order valence-electron chi connectivity index (χ0n) is 21.4. The zero-order valence-corrected chi connectivity index (χ0v) is 21.4. The third-order valence-electron chi connectivity index (χ3n) is 6.36. The molecule has 9 heteroatoms. The summed E-state index contributed by atoms with van der Waals surface area (Å²) in [6.07, 6.45) is -3.96. The van der Waals surface area contributed by atoms with Gasteiger partial charge in [-0.2, -0.15) is 13.2 Å². The SMILES string of the molecule is CCOC(=O)[C@H](c1cc2c(cc1C(F)(F)F)CC(C)(C)CO2)C1CCN(C(=O)OC(C)(C)C)CC1. The van der Waals surface area contributed by atoms with E-state index in [-0.39, 0.29) is 30.7 Å². The quantitative estimate of drug-likeness (QED) is 0.478. The van der Waals surface area contributed by atoms with E-state index in [9.17, 15) is 22.8 Å². The molecule has 0 radical (unpaired) electrons. The van der Waals surface area contributed by atoms with Crippen LogP contribution in [0.1, 0.15) is 77.0 Å². The lowest BCUT2D eigenvalue weighted by molar-refractivity contribution is -0.148. The second kappa shape index (κ2) is 9.90. The van der Waals surface area contributed by atoms with Crippen molar-refractivity contribution in [1.82, 2.24) is 4.90 Å². The fourth-order valence-electron chi connectivity index (χ4n) is 4.80. The van der Waals surface area contributed by atoms with E-state index >= 15 is 0 Å². The van der Waals surface area contributed by atoms with Gasteiger partial charge in [0.1, 0.15) is 11.4 Å². The summed E-state index contributed by atoms with van der Waals surface area (Å²) in [5.74, 6) is -1.85. The summed E-state index contributed by atoms with van der Waals surface area (Å²) in [7, 11) is 0. The highest BCUT2D eigenvalue weighted by Gasteiger charge is 2.43. The predicted molar refractivity (Wildman–Crippen MR) is 124 cm³/mol. The number of amides is 1. The number of halogens is 3. The van der Waals surface area contributed by atoms with E-state index in [1.807, 2.05) is 13.8 Å². The topological polar surface area (TPSA) is 65.1 Å². The Kier molecular flexibility index (Phi) is 7.67. The number of carbonyl (C=O) groups is 2. The Labute approximate surface area is 205 Å². The predicted octanol–water partition coefficient (Wildman–Crippen LogP) is 5.96. The number of ether oxygens (including phenoxy) is 3. The number of esters is 1. The highest BCUT2D eigenvalue weighted by atomic mass is 19.4. The summed E-state index contributed by atoms with van der Waals surface area (Å²) >= 11 is 0. The maximum absolute atomic E-state index is 14.3. The number of hydrogen-bond donors (Lipinski definition) is 0. The van der Waals surface area contributed by atoms with Crippen LogP contribution in [0.2, 0.25) is 0 Å². The molecular formula is C26H36F3NO5. The van der Waals surface area contributed by atoms with Gasteiger partial charge in [0.15, 0.2) is 0 Å². The molecule has 1 fully saturated rings. The van der Waals surface area contributed by atoms with E-state index in [0.717, 1.165) is 6.07 Å². The fraction of sp³-hybridized carbons (Fsp3) is 0.692. The molecule has 2 aliphatic rings. The molecule has 1 saturated heterocycles. The summed E-state index contributed by atoms with van der Waals surface area (Å²) in [6, 6.07) is 2.52. The molecule has 3 rings (SSSR count). The van der Waals surface area contributed by atoms with Gasteiger partial charge in [0.25, 0.3) is 0 Å². The Bertz CT molecular complexity index is 944. The molecule has 2 heterocycles. The van der Waals surface area contributed by atoms with E-state index in [0.29, 0.717) is 37.2 Å². The molecule has 6 nitrogen and oxygen atoms in total. The van der Waals surface area contributed by atoms with E-state index in [1.54, 1.807) is 27.7 Å². The third-order valence-corrected chi connectivity index (χ3v) is 6.36. The number of piperidine rings is 1. The van der Waals surface area contributed by atoms with Crippen LogP contribution in [-0.2, 0) is 26.9 Å². The molecule has 0 spiro atoms. The molecule has 0 aromatic heterocycles. The number of nitrogens with zero attached hydrogens (tertiary/aromatic N) is 1. The fourth-order valence-corrected chi connectivity index (χ4v) is 4.80. The second-order valence-electron chi connectivity index (χ2n) is 11.2. The smallest absolute Gasteiger partial charge is 0.416 e. The minimum absolute atomic E-state index is 0.0586. The molecular weight excluding hydrogens is 463 g/mol. The van der Waals surface area contributed by atoms with Crippen molar-refractivity contribution in [3.8, 4) is 5.75 Å². The van der Waals surface area contributed by atoms with E-state index in [4.69, 9.17) is 14.2 Å². The molecule has 2 aliphatic heterocycles. The largest absolute Gasteiger partial charge is 0.493 e. The zero-order chi connectivity index (χ0) is 26.2. The van der Waals surface area contributed by atoms with Gasteiger partial charge in [0.2, 0.25) is 0 Å². The van der Waals surface area contributed by atoms with Gasteiger partial charge in [-0.25, -0.2) is 4.79 Å². The van der Waals surface area contributed by atoms with Gasteiger partial charge in [-0.3, -0.25) is 4.79 Å². The van der Waals surface area contributed by atoms with E-state index in [2.05, 4.69) is 0 Å². The number of rotatable bonds is 4. The Morgan fingerprint density at radius 2 is 1.80 bits per heavy atom. The highest BCUT2D eigenvalue weighted by Crippen LogP contribution is 2.46. The Morgan fingerprint density at radius 1 is 1.17 bits per heavy atom. The van der Waals surface area contributed by atoms with Crippen LogP contribution in [0.15, 0.2) is 12.1 Å². The number of alkyl halides is 3. The Balaban J connectivity index is 1.95. The van der Waals surface area contributed by atoms with Crippen molar-refractivity contribution in [2.24, 2.45) is 11.3 Å². The number of fused-ring (bicyclic) bond motifs is 1. The lowest BCUT2D eigenvalue weighted by atomic mass is 9.76. The average Bonchev–Trinajstić information content (AvgIpc) is 2.72. The summed E-state index contributed by atoms with van der Waals surface area (Å²) in [4.78, 5) is 27.0. The summed E-state index contributed by atoms with van der Waals surface area (Å²) < 4.78 is 59.2. The van der Waals surface area contributed by atoms with Gasteiger partial charge in [-0.1, -0.05) is 13.8 Å². The van der Waals surface area contributed by atoms with Gasteiger partial charge in [-0.05, 0) is 76.1 Å². The van der Waals surface area contributed by atoms with Crippen molar-refractivity contribution in [1.29, 1.82) is 0 Å². The van der Waals surface area contributed by atoms with Gasteiger partial charge in [-0.15, -0.1) is 0 Å². The first-order valence-electron chi connectivity index (χ1n) is 12.1. The number of benzene rings is 1. The summed E-state index contributed by atoms with van der Waals surface area (Å²) in [5, 5.41) is 0. The molecule has 0 unspecified atom stereocenters. The number of hydrogen-bond acceptors (Lipinski definition) is 5. The van der Waals surface area contributed by atoms with Crippen molar-refractivity contribution >= 4 is 12.1 Å². The molecule has 196 valence electrons. The van der Waals surface area contributed by atoms with Crippen molar-refractivity contribution in [2.45, 2.75) is 78.5 Å². The Hall–Kier alpha value is -2.45. The lowest BCUT2D eigenvalue weighted by Gasteiger charge is -2.37. The normalized spacial score (nSPS) is 19.4. The minimum atomic E-state index is -4.64. The van der Waals surface area contributed by atoms with Gasteiger partial charge < -0.3 is 19.1 Å². The molecule has 1 aromatic rings. The first-order chi connectivity index (χ1) is 16.1. The number of carbonyl (C=O) groups excluding carboxylic acids is 2. The van der Waals surface area contributed by atoms with Gasteiger partial charge in [0, 0.05) is 18.5 Å². The van der Waals surface area contributed by atoms with Gasteiger partial charge in [0.05, 0.1) is 24.7 Å². The average molecular weight is 500 g/mol. The summed E-state index contributed by atoms with van der Waals surface area (Å²) in [6.45, 7) is 11.8. The van der Waals surface area contributed by atoms with Crippen molar-refractivity contribution in [3.63, 3.8) is 0 Å². The van der Waals surface area contributed by atoms with E-state index < -0.39 is 41.2 Å². The first kappa shape index (κ1) is 27.1. The van der Waals surface area contributed by atoms with Crippen LogP contribution in [0.4, 0.5) is 18.0 Å². The second-order valence-corrected chi connectivity index (χ2v) is 11.2. The third kappa shape index (κ3) is 6.61. The maximum Gasteiger partial charge on any atom is 0.416 e. The molecule has 0 saturated carbocycles. The lowest BCUT2D eigenvalue weighted by Crippen LogP contribution is -2.43. The van der Waals surface area contributed by atoms with Crippen molar-refractivity contribution < 1.29 is 37.0 Å². The van der Waals surface area contributed by atoms with E-state index in [1.165, 1.54) is 11.0 Å². The van der Waals surface area contributed by atoms with Crippen LogP contribution in [0.5, 0.6) is 5.75 Å². The van der Waals surface area contributed by atoms with Crippen LogP contribution in [-0.4, -0.2) is 48.9 Å². The van der Waals surface area contributed by atoms with Crippen molar-refractivity contribution in [2.75, 3.05) is 26.3 Å². The van der Waals surface area contributed by atoms with Crippen LogP contribution in [0.3, 0.4) is 0 Å². The monoisotopic (exact) mass is 499 g/mol. The molecule has 1 aromatic carbocycles. The van der Waals surface area contributed by atoms with Gasteiger partial charge >= 0.3 is 18.2 Å². The first-order valence-corrected chi connectivity index (χ1v) is 12.1. The molecule has 1 atom stereocenters. The highest BCUT2D eigenvalue weighted by molar-refractivity contribution is 5.80. The summed E-state index contributed by atoms with van der Waals surface area (Å²) in [5.41, 5.74) is -1.40. The van der Waals surface area contributed by atoms with Crippen molar-refractivity contribution in [3.05, 3.63) is 28.8 Å². The Morgan fingerprint density at radius 3 is 2.34 bits per heavy atom. The molecule has 0 bridgehead atoms. The molecule has 0 aliphatic carbocycles.